The van der Waals surface area contributed by atoms with Crippen molar-refractivity contribution in [1.82, 2.24) is 4.90 Å². The van der Waals surface area contributed by atoms with E-state index in [1.807, 2.05) is 11.0 Å². The quantitative estimate of drug-likeness (QED) is 0.353. The number of fused-ring (bicyclic) bond motifs is 1. The molecule has 4 nitrogen and oxygen atoms in total. The van der Waals surface area contributed by atoms with Crippen LogP contribution in [0.15, 0.2) is 66.7 Å². The summed E-state index contributed by atoms with van der Waals surface area (Å²) >= 11 is 0. The second kappa shape index (κ2) is 11.7. The molecule has 0 saturated heterocycles. The van der Waals surface area contributed by atoms with Gasteiger partial charge in [-0.05, 0) is 97.9 Å². The molecule has 1 atom stereocenters. The van der Waals surface area contributed by atoms with Crippen LogP contribution in [-0.2, 0) is 17.8 Å². The van der Waals surface area contributed by atoms with E-state index < -0.39 is 0 Å². The first-order valence-corrected chi connectivity index (χ1v) is 12.2. The predicted octanol–water partition coefficient (Wildman–Crippen LogP) is 7.09. The Bertz CT molecular complexity index is 1120. The summed E-state index contributed by atoms with van der Waals surface area (Å²) in [5, 5.41) is 0. The molecule has 0 fully saturated rings. The molecule has 5 heteroatoms. The summed E-state index contributed by atoms with van der Waals surface area (Å²) in [5.74, 6) is 1.18. The topological polar surface area (TPSA) is 32.8 Å². The molecule has 0 N–H and O–H groups in total. The van der Waals surface area contributed by atoms with Gasteiger partial charge in [0.05, 0.1) is 13.0 Å². The van der Waals surface area contributed by atoms with Crippen LogP contribution in [0.1, 0.15) is 60.8 Å². The minimum atomic E-state index is -0.190. The summed E-state index contributed by atoms with van der Waals surface area (Å²) in [6.07, 6.45) is 2.86. The van der Waals surface area contributed by atoms with Crippen molar-refractivity contribution in [1.29, 1.82) is 0 Å². The first kappa shape index (κ1) is 26.8. The van der Waals surface area contributed by atoms with Crippen LogP contribution in [0.2, 0.25) is 0 Å². The largest absolute Gasteiger partial charge is 0.497 e. The lowest BCUT2D eigenvalue weighted by Gasteiger charge is -2.31. The molecule has 0 aliphatic heterocycles. The number of carbonyl (C=O) groups excluding carboxylic acids is 1. The Labute approximate surface area is 216 Å². The smallest absolute Gasteiger partial charge is 0.239 e. The van der Waals surface area contributed by atoms with Crippen LogP contribution in [0, 0.1) is 0 Å². The zero-order chi connectivity index (χ0) is 24.2. The second-order valence-electron chi connectivity index (χ2n) is 9.83. The molecule has 3 aromatic carbocycles. The molecule has 1 amide bonds. The number of benzene rings is 3. The van der Waals surface area contributed by atoms with E-state index in [9.17, 15) is 4.79 Å². The Morgan fingerprint density at radius 1 is 0.971 bits per heavy atom. The number of nitrogens with zero attached hydrogens (tertiary/aromatic N) is 2. The van der Waals surface area contributed by atoms with Crippen molar-refractivity contribution in [3.63, 3.8) is 0 Å². The standard InChI is InChI=1S/C30H36N2O2.ClH/c1-21(2)23-11-16-26(17-12-23)32(25-14-9-22(10-15-25)20-31(3)4)30(33)28-8-6-7-24-13-18-27(34-5)19-29(24)28;/h9-19,21,28H,6-8,20H2,1-5H3;1H. The molecule has 0 saturated carbocycles. The van der Waals surface area contributed by atoms with E-state index in [0.29, 0.717) is 5.92 Å². The Morgan fingerprint density at radius 3 is 2.17 bits per heavy atom. The Balaban J connectivity index is 0.00000342. The molecule has 1 aliphatic carbocycles. The van der Waals surface area contributed by atoms with Gasteiger partial charge in [-0.1, -0.05) is 44.2 Å². The number of ether oxygens (including phenoxy) is 1. The number of hydrogen-bond acceptors (Lipinski definition) is 3. The van der Waals surface area contributed by atoms with Gasteiger partial charge < -0.3 is 9.64 Å². The van der Waals surface area contributed by atoms with Gasteiger partial charge in [-0.25, -0.2) is 0 Å². The van der Waals surface area contributed by atoms with Crippen LogP contribution >= 0.6 is 12.4 Å². The molecule has 4 rings (SSSR count). The molecule has 35 heavy (non-hydrogen) atoms. The van der Waals surface area contributed by atoms with Gasteiger partial charge in [0.2, 0.25) is 5.91 Å². The summed E-state index contributed by atoms with van der Waals surface area (Å²) in [5.41, 5.74) is 6.66. The molecule has 0 spiro atoms. The third-order valence-corrected chi connectivity index (χ3v) is 6.70. The van der Waals surface area contributed by atoms with E-state index in [1.165, 1.54) is 16.7 Å². The Morgan fingerprint density at radius 2 is 1.60 bits per heavy atom. The minimum absolute atomic E-state index is 0. The predicted molar refractivity (Wildman–Crippen MR) is 147 cm³/mol. The molecular formula is C30H37ClN2O2. The normalized spacial score (nSPS) is 14.9. The maximum Gasteiger partial charge on any atom is 0.239 e. The summed E-state index contributed by atoms with van der Waals surface area (Å²) in [7, 11) is 5.81. The van der Waals surface area contributed by atoms with Crippen LogP contribution in [0.25, 0.3) is 0 Å². The third kappa shape index (κ3) is 6.06. The maximum atomic E-state index is 14.2. The van der Waals surface area contributed by atoms with Crippen LogP contribution in [-0.4, -0.2) is 32.0 Å². The van der Waals surface area contributed by atoms with Crippen molar-refractivity contribution < 1.29 is 9.53 Å². The number of rotatable bonds is 7. The van der Waals surface area contributed by atoms with Crippen LogP contribution < -0.4 is 9.64 Å². The Kier molecular flexibility index (Phi) is 8.98. The lowest BCUT2D eigenvalue weighted by Crippen LogP contribution is -2.33. The second-order valence-corrected chi connectivity index (χ2v) is 9.83. The van der Waals surface area contributed by atoms with E-state index in [1.54, 1.807) is 7.11 Å². The lowest BCUT2D eigenvalue weighted by atomic mass is 9.81. The Hall–Kier alpha value is -2.82. The molecule has 0 radical (unpaired) electrons. The van der Waals surface area contributed by atoms with Crippen molar-refractivity contribution in [3.05, 3.63) is 89.0 Å². The van der Waals surface area contributed by atoms with Gasteiger partial charge in [0, 0.05) is 17.9 Å². The van der Waals surface area contributed by atoms with E-state index in [4.69, 9.17) is 4.74 Å². The van der Waals surface area contributed by atoms with Gasteiger partial charge in [-0.15, -0.1) is 12.4 Å². The molecule has 3 aromatic rings. The SMILES string of the molecule is COc1ccc2c(c1)C(C(=O)N(c1ccc(CN(C)C)cc1)c1ccc(C(C)C)cc1)CCC2.Cl. The monoisotopic (exact) mass is 492 g/mol. The highest BCUT2D eigenvalue weighted by molar-refractivity contribution is 6.04. The highest BCUT2D eigenvalue weighted by atomic mass is 35.5. The van der Waals surface area contributed by atoms with Crippen molar-refractivity contribution in [3.8, 4) is 5.75 Å². The number of carbonyl (C=O) groups is 1. The highest BCUT2D eigenvalue weighted by Gasteiger charge is 2.32. The fourth-order valence-electron chi connectivity index (χ4n) is 4.84. The zero-order valence-electron chi connectivity index (χ0n) is 21.5. The number of anilines is 2. The van der Waals surface area contributed by atoms with E-state index in [0.717, 1.165) is 48.5 Å². The number of methoxy groups -OCH3 is 1. The van der Waals surface area contributed by atoms with E-state index in [-0.39, 0.29) is 24.2 Å². The average molecular weight is 493 g/mol. The average Bonchev–Trinajstić information content (AvgIpc) is 2.84. The van der Waals surface area contributed by atoms with Crippen LogP contribution in [0.4, 0.5) is 11.4 Å². The molecule has 0 heterocycles. The molecule has 0 bridgehead atoms. The first-order valence-electron chi connectivity index (χ1n) is 12.2. The molecule has 1 unspecified atom stereocenters. The lowest BCUT2D eigenvalue weighted by molar-refractivity contribution is -0.119. The van der Waals surface area contributed by atoms with Gasteiger partial charge in [0.15, 0.2) is 0 Å². The molecule has 0 aromatic heterocycles. The van der Waals surface area contributed by atoms with E-state index in [2.05, 4.69) is 93.5 Å². The summed E-state index contributed by atoms with van der Waals surface area (Å²) in [6.45, 7) is 5.24. The maximum absolute atomic E-state index is 14.2. The van der Waals surface area contributed by atoms with E-state index >= 15 is 0 Å². The fourth-order valence-corrected chi connectivity index (χ4v) is 4.84. The molecule has 186 valence electrons. The number of aryl methyl sites for hydroxylation is 1. The zero-order valence-corrected chi connectivity index (χ0v) is 22.3. The van der Waals surface area contributed by atoms with Crippen molar-refractivity contribution >= 4 is 29.7 Å². The highest BCUT2D eigenvalue weighted by Crippen LogP contribution is 2.39. The van der Waals surface area contributed by atoms with Crippen LogP contribution in [0.5, 0.6) is 5.75 Å². The van der Waals surface area contributed by atoms with Crippen LogP contribution in [0.3, 0.4) is 0 Å². The first-order chi connectivity index (χ1) is 16.4. The summed E-state index contributed by atoms with van der Waals surface area (Å²) in [6, 6.07) is 23.0. The van der Waals surface area contributed by atoms with Crippen molar-refractivity contribution in [2.24, 2.45) is 0 Å². The van der Waals surface area contributed by atoms with Gasteiger partial charge in [0.1, 0.15) is 5.75 Å². The summed E-state index contributed by atoms with van der Waals surface area (Å²) < 4.78 is 5.49. The molecule has 1 aliphatic rings. The van der Waals surface area contributed by atoms with Gasteiger partial charge in [-0.3, -0.25) is 9.69 Å². The number of halogens is 1. The minimum Gasteiger partial charge on any atom is -0.497 e. The summed E-state index contributed by atoms with van der Waals surface area (Å²) in [4.78, 5) is 18.3. The van der Waals surface area contributed by atoms with Crippen molar-refractivity contribution in [2.45, 2.75) is 51.5 Å². The van der Waals surface area contributed by atoms with Gasteiger partial charge in [-0.2, -0.15) is 0 Å². The fraction of sp³-hybridized carbons (Fsp3) is 0.367. The van der Waals surface area contributed by atoms with Crippen molar-refractivity contribution in [2.75, 3.05) is 26.1 Å². The number of amides is 1. The van der Waals surface area contributed by atoms with Gasteiger partial charge >= 0.3 is 0 Å². The third-order valence-electron chi connectivity index (χ3n) is 6.70. The number of hydrogen-bond donors (Lipinski definition) is 0. The molecular weight excluding hydrogens is 456 g/mol. The van der Waals surface area contributed by atoms with Gasteiger partial charge in [0.25, 0.3) is 0 Å².